The van der Waals surface area contributed by atoms with Gasteiger partial charge in [0.2, 0.25) is 5.91 Å². The molecule has 0 aromatic carbocycles. The molecule has 1 aromatic rings. The van der Waals surface area contributed by atoms with Crippen molar-refractivity contribution in [2.24, 2.45) is 0 Å². The van der Waals surface area contributed by atoms with Crippen LogP contribution in [0.3, 0.4) is 0 Å². The van der Waals surface area contributed by atoms with Crippen LogP contribution in [0.5, 0.6) is 0 Å². The van der Waals surface area contributed by atoms with Gasteiger partial charge < -0.3 is 5.73 Å². The van der Waals surface area contributed by atoms with Gasteiger partial charge in [-0.15, -0.1) is 0 Å². The predicted molar refractivity (Wildman–Crippen MR) is 56.2 cm³/mol. The lowest BCUT2D eigenvalue weighted by atomic mass is 10.4. The SMILES string of the molecule is Nc1cncnc1N1CC(S)CC1=O. The van der Waals surface area contributed by atoms with E-state index in [0.29, 0.717) is 24.5 Å². The molecule has 1 unspecified atom stereocenters. The normalized spacial score (nSPS) is 21.6. The number of nitrogens with zero attached hydrogens (tertiary/aromatic N) is 3. The fraction of sp³-hybridized carbons (Fsp3) is 0.375. The molecule has 2 rings (SSSR count). The lowest BCUT2D eigenvalue weighted by molar-refractivity contribution is -0.117. The summed E-state index contributed by atoms with van der Waals surface area (Å²) in [6.45, 7) is 0.559. The highest BCUT2D eigenvalue weighted by molar-refractivity contribution is 7.81. The van der Waals surface area contributed by atoms with Crippen LogP contribution in [0.25, 0.3) is 0 Å². The van der Waals surface area contributed by atoms with Crippen LogP contribution in [0.1, 0.15) is 6.42 Å². The van der Waals surface area contributed by atoms with Gasteiger partial charge in [-0.3, -0.25) is 9.69 Å². The number of aromatic nitrogens is 2. The summed E-state index contributed by atoms with van der Waals surface area (Å²) >= 11 is 4.25. The van der Waals surface area contributed by atoms with Crippen molar-refractivity contribution in [2.75, 3.05) is 17.2 Å². The molecular formula is C8H10N4OS. The summed E-state index contributed by atoms with van der Waals surface area (Å²) in [6, 6.07) is 0. The monoisotopic (exact) mass is 210 g/mol. The molecule has 5 nitrogen and oxygen atoms in total. The molecule has 1 saturated heterocycles. The molecule has 1 amide bonds. The average molecular weight is 210 g/mol. The summed E-state index contributed by atoms with van der Waals surface area (Å²) in [7, 11) is 0. The number of anilines is 2. The van der Waals surface area contributed by atoms with Crippen LogP contribution < -0.4 is 10.6 Å². The number of amides is 1. The average Bonchev–Trinajstić information content (AvgIpc) is 2.46. The summed E-state index contributed by atoms with van der Waals surface area (Å²) in [5, 5.41) is 0.0665. The summed E-state index contributed by atoms with van der Waals surface area (Å²) in [6.07, 6.45) is 3.30. The number of hydrogen-bond donors (Lipinski definition) is 2. The van der Waals surface area contributed by atoms with Crippen LogP contribution in [0.4, 0.5) is 11.5 Å². The van der Waals surface area contributed by atoms with Gasteiger partial charge in [-0.1, -0.05) is 0 Å². The second-order valence-corrected chi connectivity index (χ2v) is 3.89. The highest BCUT2D eigenvalue weighted by atomic mass is 32.1. The van der Waals surface area contributed by atoms with Crippen molar-refractivity contribution in [1.82, 2.24) is 9.97 Å². The standard InChI is InChI=1S/C8H10N4OS/c9-6-2-10-4-11-8(6)12-3-5(14)1-7(12)13/h2,4-5,14H,1,3,9H2. The minimum absolute atomic E-state index is 0.00963. The van der Waals surface area contributed by atoms with Gasteiger partial charge in [0, 0.05) is 18.2 Å². The van der Waals surface area contributed by atoms with Gasteiger partial charge in [-0.2, -0.15) is 12.6 Å². The van der Waals surface area contributed by atoms with Gasteiger partial charge in [0.05, 0.1) is 11.9 Å². The van der Waals surface area contributed by atoms with Gasteiger partial charge in [-0.25, -0.2) is 9.97 Å². The van der Waals surface area contributed by atoms with Gasteiger partial charge in [-0.05, 0) is 0 Å². The van der Waals surface area contributed by atoms with Crippen LogP contribution in [-0.2, 0) is 4.79 Å². The minimum Gasteiger partial charge on any atom is -0.394 e. The van der Waals surface area contributed by atoms with Crippen LogP contribution >= 0.6 is 12.6 Å². The quantitative estimate of drug-likeness (QED) is 0.645. The van der Waals surface area contributed by atoms with Crippen molar-refractivity contribution < 1.29 is 4.79 Å². The van der Waals surface area contributed by atoms with E-state index in [2.05, 4.69) is 22.6 Å². The predicted octanol–water partition coefficient (Wildman–Crippen LogP) is 0.0939. The van der Waals surface area contributed by atoms with Crippen molar-refractivity contribution in [1.29, 1.82) is 0 Å². The maximum atomic E-state index is 11.5. The van der Waals surface area contributed by atoms with E-state index in [-0.39, 0.29) is 11.2 Å². The van der Waals surface area contributed by atoms with Crippen LogP contribution in [0, 0.1) is 0 Å². The molecule has 14 heavy (non-hydrogen) atoms. The zero-order chi connectivity index (χ0) is 10.1. The number of rotatable bonds is 1. The molecule has 1 aromatic heterocycles. The maximum Gasteiger partial charge on any atom is 0.229 e. The third-order valence-corrected chi connectivity index (χ3v) is 2.42. The zero-order valence-corrected chi connectivity index (χ0v) is 8.32. The zero-order valence-electron chi connectivity index (χ0n) is 7.42. The highest BCUT2D eigenvalue weighted by Crippen LogP contribution is 2.25. The molecule has 0 saturated carbocycles. The third-order valence-electron chi connectivity index (χ3n) is 2.08. The molecular weight excluding hydrogens is 200 g/mol. The van der Waals surface area contributed by atoms with Gasteiger partial charge in [0.15, 0.2) is 5.82 Å². The van der Waals surface area contributed by atoms with Gasteiger partial charge in [0.1, 0.15) is 6.33 Å². The fourth-order valence-corrected chi connectivity index (χ4v) is 1.77. The number of carbonyl (C=O) groups is 1. The molecule has 2 heterocycles. The van der Waals surface area contributed by atoms with Crippen LogP contribution in [0.2, 0.25) is 0 Å². The summed E-state index contributed by atoms with van der Waals surface area (Å²) in [4.78, 5) is 20.8. The topological polar surface area (TPSA) is 72.1 Å². The molecule has 1 aliphatic rings. The lowest BCUT2D eigenvalue weighted by Gasteiger charge is -2.15. The largest absolute Gasteiger partial charge is 0.394 e. The number of thiol groups is 1. The molecule has 1 aliphatic heterocycles. The van der Waals surface area contributed by atoms with Crippen molar-refractivity contribution >= 4 is 30.0 Å². The second kappa shape index (κ2) is 3.45. The maximum absolute atomic E-state index is 11.5. The molecule has 6 heteroatoms. The summed E-state index contributed by atoms with van der Waals surface area (Å²) < 4.78 is 0. The molecule has 74 valence electrons. The number of carbonyl (C=O) groups excluding carboxylic acids is 1. The number of nitrogens with two attached hydrogens (primary N) is 1. The van der Waals surface area contributed by atoms with E-state index in [1.165, 1.54) is 12.5 Å². The molecule has 0 bridgehead atoms. The van der Waals surface area contributed by atoms with Gasteiger partial charge >= 0.3 is 0 Å². The smallest absolute Gasteiger partial charge is 0.229 e. The van der Waals surface area contributed by atoms with Crippen molar-refractivity contribution in [3.05, 3.63) is 12.5 Å². The van der Waals surface area contributed by atoms with E-state index in [4.69, 9.17) is 5.73 Å². The molecule has 0 spiro atoms. The van der Waals surface area contributed by atoms with Crippen molar-refractivity contribution in [3.63, 3.8) is 0 Å². The second-order valence-electron chi connectivity index (χ2n) is 3.16. The van der Waals surface area contributed by atoms with Gasteiger partial charge in [0.25, 0.3) is 0 Å². The summed E-state index contributed by atoms with van der Waals surface area (Å²) in [5.74, 6) is 0.497. The number of nitrogen functional groups attached to an aromatic ring is 1. The Kier molecular flexibility index (Phi) is 2.28. The Hall–Kier alpha value is -1.30. The Labute approximate surface area is 86.7 Å². The Bertz CT molecular complexity index is 370. The van der Waals surface area contributed by atoms with Crippen LogP contribution in [-0.4, -0.2) is 27.7 Å². The van der Waals surface area contributed by atoms with E-state index in [9.17, 15) is 4.79 Å². The molecule has 0 radical (unpaired) electrons. The molecule has 1 atom stereocenters. The minimum atomic E-state index is 0.00963. The Morgan fingerprint density at radius 1 is 1.64 bits per heavy atom. The van der Waals surface area contributed by atoms with E-state index in [1.807, 2.05) is 0 Å². The molecule has 0 aliphatic carbocycles. The van der Waals surface area contributed by atoms with Crippen molar-refractivity contribution in [2.45, 2.75) is 11.7 Å². The number of hydrogen-bond acceptors (Lipinski definition) is 5. The Morgan fingerprint density at radius 2 is 2.43 bits per heavy atom. The first-order chi connectivity index (χ1) is 6.68. The van der Waals surface area contributed by atoms with E-state index < -0.39 is 0 Å². The first kappa shape index (κ1) is 9.26. The first-order valence-corrected chi connectivity index (χ1v) is 4.74. The van der Waals surface area contributed by atoms with Crippen LogP contribution in [0.15, 0.2) is 12.5 Å². The first-order valence-electron chi connectivity index (χ1n) is 4.22. The van der Waals surface area contributed by atoms with E-state index in [0.717, 1.165) is 0 Å². The molecule has 1 fully saturated rings. The third kappa shape index (κ3) is 1.52. The molecule has 2 N–H and O–H groups in total. The Morgan fingerprint density at radius 3 is 3.00 bits per heavy atom. The highest BCUT2D eigenvalue weighted by Gasteiger charge is 2.30. The lowest BCUT2D eigenvalue weighted by Crippen LogP contribution is -2.26. The Balaban J connectivity index is 2.32. The fourth-order valence-electron chi connectivity index (χ4n) is 1.45. The van der Waals surface area contributed by atoms with Crippen molar-refractivity contribution in [3.8, 4) is 0 Å². The summed E-state index contributed by atoms with van der Waals surface area (Å²) in [5.41, 5.74) is 6.08. The van der Waals surface area contributed by atoms with E-state index >= 15 is 0 Å². The van der Waals surface area contributed by atoms with E-state index in [1.54, 1.807) is 4.90 Å².